The molecule has 0 radical (unpaired) electrons. The summed E-state index contributed by atoms with van der Waals surface area (Å²) >= 11 is 0. The van der Waals surface area contributed by atoms with Crippen LogP contribution in [0.5, 0.6) is 0 Å². The Kier molecular flexibility index (Phi) is 37.5. The first-order valence-corrected chi connectivity index (χ1v) is 20.7. The van der Waals surface area contributed by atoms with Gasteiger partial charge in [0.05, 0.1) is 0 Å². The lowest BCUT2D eigenvalue weighted by Gasteiger charge is -2.20. The maximum atomic E-state index is 12.7. The molecule has 0 saturated carbocycles. The van der Waals surface area contributed by atoms with E-state index in [4.69, 9.17) is 0 Å². The summed E-state index contributed by atoms with van der Waals surface area (Å²) in [5, 5.41) is 9.57. The summed E-state index contributed by atoms with van der Waals surface area (Å²) in [4.78, 5) is 25.3. The van der Waals surface area contributed by atoms with E-state index in [1.807, 2.05) is 0 Å². The Bertz CT molecular complexity index is 667. The van der Waals surface area contributed by atoms with Crippen LogP contribution in [-0.4, -0.2) is 31.1 Å². The van der Waals surface area contributed by atoms with Gasteiger partial charge in [0.1, 0.15) is 6.17 Å². The van der Waals surface area contributed by atoms with E-state index in [9.17, 15) is 9.59 Å². The van der Waals surface area contributed by atoms with E-state index >= 15 is 0 Å². The van der Waals surface area contributed by atoms with Gasteiger partial charge in [0.15, 0.2) is 0 Å². The van der Waals surface area contributed by atoms with Crippen molar-refractivity contribution in [2.24, 2.45) is 0 Å². The molecule has 0 bridgehead atoms. The van der Waals surface area contributed by atoms with E-state index in [2.05, 4.69) is 61.0 Å². The molecule has 0 rings (SSSR count). The minimum atomic E-state index is -0.264. The first kappa shape index (κ1) is 45.4. The highest BCUT2D eigenvalue weighted by atomic mass is 16.2. The number of carbonyl (C=O) groups is 2. The van der Waals surface area contributed by atoms with Gasteiger partial charge in [0.25, 0.3) is 0 Å². The van der Waals surface area contributed by atoms with E-state index in [-0.39, 0.29) is 18.0 Å². The minimum Gasteiger partial charge on any atom is -0.336 e. The molecule has 3 N–H and O–H groups in total. The molecule has 0 aromatic rings. The Labute approximate surface area is 293 Å². The molecule has 0 heterocycles. The van der Waals surface area contributed by atoms with Gasteiger partial charge < -0.3 is 16.0 Å². The van der Waals surface area contributed by atoms with Crippen molar-refractivity contribution >= 4 is 11.8 Å². The zero-order valence-corrected chi connectivity index (χ0v) is 31.8. The van der Waals surface area contributed by atoms with Gasteiger partial charge in [-0.1, -0.05) is 148 Å². The van der Waals surface area contributed by atoms with Crippen molar-refractivity contribution in [3.63, 3.8) is 0 Å². The fraction of sp³-hybridized carbons (Fsp3) is 0.857. The highest BCUT2D eigenvalue weighted by Gasteiger charge is 2.14. The molecular weight excluding hydrogens is 578 g/mol. The van der Waals surface area contributed by atoms with E-state index in [0.717, 1.165) is 51.6 Å². The second kappa shape index (κ2) is 38.8. The summed E-state index contributed by atoms with van der Waals surface area (Å²) in [7, 11) is 0. The Morgan fingerprint density at radius 2 is 0.787 bits per heavy atom. The Balaban J connectivity index is 3.94. The van der Waals surface area contributed by atoms with Crippen LogP contribution in [-0.2, 0) is 9.59 Å². The van der Waals surface area contributed by atoms with Crippen molar-refractivity contribution in [1.29, 1.82) is 0 Å². The average molecular weight is 660 g/mol. The zero-order valence-electron chi connectivity index (χ0n) is 31.8. The number of unbranched alkanes of at least 4 members (excludes halogenated alkanes) is 22. The maximum absolute atomic E-state index is 12.7. The molecular formula is C42H81N3O2. The molecule has 0 aromatic carbocycles. The largest absolute Gasteiger partial charge is 0.336 e. The molecule has 0 atom stereocenters. The summed E-state index contributed by atoms with van der Waals surface area (Å²) in [6.45, 7) is 8.49. The van der Waals surface area contributed by atoms with Crippen LogP contribution in [0.4, 0.5) is 0 Å². The quantitative estimate of drug-likeness (QED) is 0.0353. The molecule has 0 aliphatic rings. The standard InChI is InChI=1S/C42H81N3O2/c1-4-7-9-11-13-15-17-19-21-23-25-27-29-31-33-37-41(46)44-40(36-35-39-43-6-3)45-42(47)38-34-32-30-28-26-24-22-20-18-16-14-12-10-8-5-2/h19-22,40,43H,4-18,23-39H2,1-3H3,(H,44,46)(H,45,47)/b21-19-,22-20-. The van der Waals surface area contributed by atoms with Crippen molar-refractivity contribution < 1.29 is 9.59 Å². The third kappa shape index (κ3) is 37.1. The van der Waals surface area contributed by atoms with Crippen LogP contribution >= 0.6 is 0 Å². The van der Waals surface area contributed by atoms with Gasteiger partial charge in [-0.3, -0.25) is 9.59 Å². The summed E-state index contributed by atoms with van der Waals surface area (Å²) in [6.07, 6.45) is 44.6. The molecule has 0 aliphatic carbocycles. The SMILES string of the molecule is CCCCCCCC/C=C\CCCCCCCC(=O)NC(CCCNCC)NC(=O)CCCCCCC/C=C\CCCCCCCC. The summed E-state index contributed by atoms with van der Waals surface area (Å²) in [6, 6.07) is 0. The number of amides is 2. The molecule has 0 aliphatic heterocycles. The van der Waals surface area contributed by atoms with Gasteiger partial charge >= 0.3 is 0 Å². The van der Waals surface area contributed by atoms with Crippen LogP contribution in [0, 0.1) is 0 Å². The zero-order chi connectivity index (χ0) is 34.3. The number of carbonyl (C=O) groups excluding carboxylic acids is 2. The molecule has 0 saturated heterocycles. The first-order chi connectivity index (χ1) is 23.1. The lowest BCUT2D eigenvalue weighted by Crippen LogP contribution is -2.48. The van der Waals surface area contributed by atoms with Gasteiger partial charge in [-0.15, -0.1) is 0 Å². The van der Waals surface area contributed by atoms with Gasteiger partial charge in [-0.2, -0.15) is 0 Å². The van der Waals surface area contributed by atoms with Gasteiger partial charge in [-0.05, 0) is 90.1 Å². The van der Waals surface area contributed by atoms with Crippen LogP contribution in [0.25, 0.3) is 0 Å². The molecule has 5 heteroatoms. The normalized spacial score (nSPS) is 11.7. The van der Waals surface area contributed by atoms with Crippen molar-refractivity contribution in [3.8, 4) is 0 Å². The van der Waals surface area contributed by atoms with Crippen molar-refractivity contribution in [2.45, 2.75) is 220 Å². The number of hydrogen-bond acceptors (Lipinski definition) is 3. The fourth-order valence-corrected chi connectivity index (χ4v) is 6.03. The second-order valence-electron chi connectivity index (χ2n) is 13.9. The summed E-state index contributed by atoms with van der Waals surface area (Å²) in [5.41, 5.74) is 0. The van der Waals surface area contributed by atoms with Crippen molar-refractivity contribution in [2.75, 3.05) is 13.1 Å². The predicted octanol–water partition coefficient (Wildman–Crippen LogP) is 12.0. The first-order valence-electron chi connectivity index (χ1n) is 20.7. The number of nitrogens with one attached hydrogen (secondary N) is 3. The molecule has 0 spiro atoms. The number of hydrogen-bond donors (Lipinski definition) is 3. The van der Waals surface area contributed by atoms with Crippen LogP contribution in [0.2, 0.25) is 0 Å². The molecule has 0 fully saturated rings. The predicted molar refractivity (Wildman–Crippen MR) is 207 cm³/mol. The molecule has 47 heavy (non-hydrogen) atoms. The van der Waals surface area contributed by atoms with Crippen molar-refractivity contribution in [1.82, 2.24) is 16.0 Å². The third-order valence-electron chi connectivity index (χ3n) is 9.10. The van der Waals surface area contributed by atoms with Gasteiger partial charge in [0.2, 0.25) is 11.8 Å². The molecule has 5 nitrogen and oxygen atoms in total. The molecule has 2 amide bonds. The highest BCUT2D eigenvalue weighted by Crippen LogP contribution is 2.12. The van der Waals surface area contributed by atoms with Gasteiger partial charge in [0, 0.05) is 12.8 Å². The topological polar surface area (TPSA) is 70.2 Å². The second-order valence-corrected chi connectivity index (χ2v) is 13.9. The lowest BCUT2D eigenvalue weighted by molar-refractivity contribution is -0.124. The molecule has 276 valence electrons. The van der Waals surface area contributed by atoms with Crippen LogP contribution in [0.15, 0.2) is 24.3 Å². The van der Waals surface area contributed by atoms with E-state index in [1.165, 1.54) is 141 Å². The number of allylic oxidation sites excluding steroid dienone is 4. The smallest absolute Gasteiger partial charge is 0.221 e. The lowest BCUT2D eigenvalue weighted by atomic mass is 10.1. The van der Waals surface area contributed by atoms with E-state index < -0.39 is 0 Å². The minimum absolute atomic E-state index is 0.0670. The maximum Gasteiger partial charge on any atom is 0.221 e. The third-order valence-corrected chi connectivity index (χ3v) is 9.10. The average Bonchev–Trinajstić information content (AvgIpc) is 3.06. The number of rotatable bonds is 37. The Hall–Kier alpha value is -1.62. The monoisotopic (exact) mass is 660 g/mol. The Morgan fingerprint density at radius 3 is 1.15 bits per heavy atom. The van der Waals surface area contributed by atoms with E-state index in [1.54, 1.807) is 0 Å². The molecule has 0 aromatic heterocycles. The van der Waals surface area contributed by atoms with Gasteiger partial charge in [-0.25, -0.2) is 0 Å². The van der Waals surface area contributed by atoms with Crippen LogP contribution in [0.3, 0.4) is 0 Å². The highest BCUT2D eigenvalue weighted by molar-refractivity contribution is 5.79. The van der Waals surface area contributed by atoms with Crippen LogP contribution < -0.4 is 16.0 Å². The summed E-state index contributed by atoms with van der Waals surface area (Å²) in [5.74, 6) is 0.134. The van der Waals surface area contributed by atoms with Crippen molar-refractivity contribution in [3.05, 3.63) is 24.3 Å². The van der Waals surface area contributed by atoms with Crippen LogP contribution in [0.1, 0.15) is 213 Å². The molecule has 0 unspecified atom stereocenters. The summed E-state index contributed by atoms with van der Waals surface area (Å²) < 4.78 is 0. The fourth-order valence-electron chi connectivity index (χ4n) is 6.03. The van der Waals surface area contributed by atoms with E-state index in [0.29, 0.717) is 12.8 Å². The Morgan fingerprint density at radius 1 is 0.447 bits per heavy atom.